The fraction of sp³-hybridized carbons (Fsp3) is 0.467. The molecule has 1 aromatic rings. The predicted molar refractivity (Wildman–Crippen MR) is 79.6 cm³/mol. The summed E-state index contributed by atoms with van der Waals surface area (Å²) in [5, 5.41) is 9.23. The van der Waals surface area contributed by atoms with Gasteiger partial charge < -0.3 is 10.0 Å². The molecule has 1 aromatic carbocycles. The molecule has 1 saturated heterocycles. The number of carboxylic acids is 1. The van der Waals surface area contributed by atoms with Crippen molar-refractivity contribution in [3.8, 4) is 0 Å². The molecule has 0 aromatic heterocycles. The quantitative estimate of drug-likeness (QED) is 0.855. The molecule has 6 nitrogen and oxygen atoms in total. The Kier molecular flexibility index (Phi) is 3.68. The second-order valence-electron chi connectivity index (χ2n) is 5.80. The molecule has 3 rings (SSSR count). The van der Waals surface area contributed by atoms with Crippen molar-refractivity contribution in [3.63, 3.8) is 0 Å². The van der Waals surface area contributed by atoms with Gasteiger partial charge in [0.2, 0.25) is 0 Å². The Labute approximate surface area is 128 Å². The van der Waals surface area contributed by atoms with Crippen molar-refractivity contribution in [1.29, 1.82) is 0 Å². The maximum absolute atomic E-state index is 12.6. The first kappa shape index (κ1) is 15.0. The molecule has 1 atom stereocenters. The van der Waals surface area contributed by atoms with E-state index in [1.807, 2.05) is 12.1 Å². The lowest BCUT2D eigenvalue weighted by Crippen LogP contribution is -2.54. The summed E-state index contributed by atoms with van der Waals surface area (Å²) in [4.78, 5) is 25.1. The number of sulfone groups is 1. The minimum absolute atomic E-state index is 0.0742. The Morgan fingerprint density at radius 3 is 2.64 bits per heavy atom. The number of hydrogen-bond donors (Lipinski definition) is 1. The van der Waals surface area contributed by atoms with E-state index in [0.717, 1.165) is 24.8 Å². The molecule has 0 saturated carbocycles. The summed E-state index contributed by atoms with van der Waals surface area (Å²) < 4.78 is 23.2. The number of aryl methyl sites for hydroxylation is 2. The standard InChI is InChI=1S/C15H17NO5S/c17-14(12-5-4-10-2-1-3-11(10)8-12)16-6-7-22(20,21)9-13(16)15(18)19/h4-5,8,13H,1-3,6-7,9H2,(H,18,19). The zero-order chi connectivity index (χ0) is 15.9. The topological polar surface area (TPSA) is 91.8 Å². The third-order valence-corrected chi connectivity index (χ3v) is 5.95. The van der Waals surface area contributed by atoms with Gasteiger partial charge in [0.15, 0.2) is 9.84 Å². The van der Waals surface area contributed by atoms with Crippen LogP contribution in [0.5, 0.6) is 0 Å². The van der Waals surface area contributed by atoms with Crippen LogP contribution >= 0.6 is 0 Å². The van der Waals surface area contributed by atoms with Crippen molar-refractivity contribution < 1.29 is 23.1 Å². The molecular weight excluding hydrogens is 306 g/mol. The Hall–Kier alpha value is -1.89. The van der Waals surface area contributed by atoms with Crippen LogP contribution in [0.4, 0.5) is 0 Å². The maximum Gasteiger partial charge on any atom is 0.327 e. The van der Waals surface area contributed by atoms with E-state index in [4.69, 9.17) is 0 Å². The summed E-state index contributed by atoms with van der Waals surface area (Å²) in [6, 6.07) is 4.12. The summed E-state index contributed by atoms with van der Waals surface area (Å²) in [5.74, 6) is -2.39. The van der Waals surface area contributed by atoms with Gasteiger partial charge in [-0.05, 0) is 42.5 Å². The van der Waals surface area contributed by atoms with E-state index < -0.39 is 33.5 Å². The molecule has 1 fully saturated rings. The summed E-state index contributed by atoms with van der Waals surface area (Å²) in [6.07, 6.45) is 2.99. The summed E-state index contributed by atoms with van der Waals surface area (Å²) in [6.45, 7) is -0.0742. The van der Waals surface area contributed by atoms with Gasteiger partial charge in [-0.25, -0.2) is 13.2 Å². The first-order chi connectivity index (χ1) is 10.4. The highest BCUT2D eigenvalue weighted by molar-refractivity contribution is 7.91. The van der Waals surface area contributed by atoms with Crippen LogP contribution in [0.3, 0.4) is 0 Å². The highest BCUT2D eigenvalue weighted by Gasteiger charge is 2.39. The van der Waals surface area contributed by atoms with Crippen LogP contribution < -0.4 is 0 Å². The smallest absolute Gasteiger partial charge is 0.327 e. The van der Waals surface area contributed by atoms with Gasteiger partial charge in [-0.15, -0.1) is 0 Å². The molecule has 22 heavy (non-hydrogen) atoms. The number of aliphatic carboxylic acids is 1. The van der Waals surface area contributed by atoms with Crippen LogP contribution in [0, 0.1) is 0 Å². The molecule has 7 heteroatoms. The number of carboxylic acid groups (broad SMARTS) is 1. The number of carbonyl (C=O) groups excluding carboxylic acids is 1. The predicted octanol–water partition coefficient (Wildman–Crippen LogP) is 0.499. The van der Waals surface area contributed by atoms with Gasteiger partial charge in [-0.3, -0.25) is 4.79 Å². The third kappa shape index (κ3) is 2.72. The van der Waals surface area contributed by atoms with Crippen LogP contribution in [0.2, 0.25) is 0 Å². The fourth-order valence-electron chi connectivity index (χ4n) is 3.13. The number of hydrogen-bond acceptors (Lipinski definition) is 4. The molecule has 118 valence electrons. The summed E-state index contributed by atoms with van der Waals surface area (Å²) >= 11 is 0. The van der Waals surface area contributed by atoms with E-state index in [2.05, 4.69) is 0 Å². The van der Waals surface area contributed by atoms with E-state index in [-0.39, 0.29) is 12.3 Å². The number of fused-ring (bicyclic) bond motifs is 1. The molecule has 1 aliphatic heterocycles. The van der Waals surface area contributed by atoms with Crippen LogP contribution in [0.1, 0.15) is 27.9 Å². The van der Waals surface area contributed by atoms with Crippen LogP contribution in [-0.4, -0.2) is 54.4 Å². The van der Waals surface area contributed by atoms with Gasteiger partial charge in [-0.2, -0.15) is 0 Å². The SMILES string of the molecule is O=C(O)C1CS(=O)(=O)CCN1C(=O)c1ccc2c(c1)CCC2. The van der Waals surface area contributed by atoms with E-state index in [9.17, 15) is 23.1 Å². The molecule has 0 spiro atoms. The molecule has 0 bridgehead atoms. The van der Waals surface area contributed by atoms with Crippen molar-refractivity contribution in [3.05, 3.63) is 34.9 Å². The van der Waals surface area contributed by atoms with Gasteiger partial charge in [-0.1, -0.05) is 6.07 Å². The molecule has 2 aliphatic rings. The highest BCUT2D eigenvalue weighted by Crippen LogP contribution is 2.24. The van der Waals surface area contributed by atoms with Crippen molar-refractivity contribution >= 4 is 21.7 Å². The van der Waals surface area contributed by atoms with Crippen molar-refractivity contribution in [1.82, 2.24) is 4.90 Å². The first-order valence-electron chi connectivity index (χ1n) is 7.23. The van der Waals surface area contributed by atoms with Crippen molar-refractivity contribution in [2.75, 3.05) is 18.1 Å². The van der Waals surface area contributed by atoms with Crippen LogP contribution in [-0.2, 0) is 27.5 Å². The monoisotopic (exact) mass is 323 g/mol. The Morgan fingerprint density at radius 2 is 1.91 bits per heavy atom. The van der Waals surface area contributed by atoms with E-state index in [0.29, 0.717) is 5.56 Å². The number of amides is 1. The van der Waals surface area contributed by atoms with Crippen LogP contribution in [0.25, 0.3) is 0 Å². The third-order valence-electron chi connectivity index (χ3n) is 4.32. The summed E-state index contributed by atoms with van der Waals surface area (Å²) in [5.41, 5.74) is 2.79. The van der Waals surface area contributed by atoms with E-state index in [1.54, 1.807) is 6.07 Å². The lowest BCUT2D eigenvalue weighted by molar-refractivity contribution is -0.141. The normalized spacial score (nSPS) is 23.1. The van der Waals surface area contributed by atoms with Crippen molar-refractivity contribution in [2.45, 2.75) is 25.3 Å². The lowest BCUT2D eigenvalue weighted by atomic mass is 10.0. The average molecular weight is 323 g/mol. The van der Waals surface area contributed by atoms with Gasteiger partial charge in [0.25, 0.3) is 5.91 Å². The Morgan fingerprint density at radius 1 is 1.18 bits per heavy atom. The maximum atomic E-state index is 12.6. The van der Waals surface area contributed by atoms with Crippen LogP contribution in [0.15, 0.2) is 18.2 Å². The number of carbonyl (C=O) groups is 2. The second kappa shape index (κ2) is 5.39. The van der Waals surface area contributed by atoms with Gasteiger partial charge in [0.05, 0.1) is 11.5 Å². The van der Waals surface area contributed by atoms with Gasteiger partial charge >= 0.3 is 5.97 Å². The van der Waals surface area contributed by atoms with E-state index in [1.165, 1.54) is 10.5 Å². The molecule has 1 N–H and O–H groups in total. The molecule has 1 heterocycles. The molecular formula is C15H17NO5S. The number of rotatable bonds is 2. The van der Waals surface area contributed by atoms with Gasteiger partial charge in [0, 0.05) is 12.1 Å². The van der Waals surface area contributed by atoms with Crippen molar-refractivity contribution in [2.24, 2.45) is 0 Å². The minimum atomic E-state index is -3.41. The first-order valence-corrected chi connectivity index (χ1v) is 9.05. The Bertz CT molecular complexity index is 740. The average Bonchev–Trinajstić information content (AvgIpc) is 2.93. The molecule has 1 aliphatic carbocycles. The summed E-state index contributed by atoms with van der Waals surface area (Å²) in [7, 11) is -3.41. The Balaban J connectivity index is 1.89. The molecule has 1 amide bonds. The molecule has 0 radical (unpaired) electrons. The fourth-order valence-corrected chi connectivity index (χ4v) is 4.57. The lowest BCUT2D eigenvalue weighted by Gasteiger charge is -2.32. The highest BCUT2D eigenvalue weighted by atomic mass is 32.2. The van der Waals surface area contributed by atoms with E-state index >= 15 is 0 Å². The largest absolute Gasteiger partial charge is 0.480 e. The minimum Gasteiger partial charge on any atom is -0.480 e. The second-order valence-corrected chi connectivity index (χ2v) is 8.03. The zero-order valence-corrected chi connectivity index (χ0v) is 12.8. The number of benzene rings is 1. The zero-order valence-electron chi connectivity index (χ0n) is 12.0. The number of nitrogens with zero attached hydrogens (tertiary/aromatic N) is 1. The molecule has 1 unspecified atom stereocenters. The van der Waals surface area contributed by atoms with Gasteiger partial charge in [0.1, 0.15) is 6.04 Å².